The summed E-state index contributed by atoms with van der Waals surface area (Å²) in [5, 5.41) is 2.87. The molecule has 2 atom stereocenters. The molecular weight excluding hydrogens is 382 g/mol. The molecule has 3 rings (SSSR count). The van der Waals surface area contributed by atoms with E-state index in [1.807, 2.05) is 0 Å². The van der Waals surface area contributed by atoms with Gasteiger partial charge in [-0.1, -0.05) is 12.1 Å². The van der Waals surface area contributed by atoms with Gasteiger partial charge in [-0.3, -0.25) is 14.5 Å². The number of amides is 1. The Kier molecular flexibility index (Phi) is 6.43. The zero-order valence-electron chi connectivity index (χ0n) is 16.2. The number of hydrogen-bond acceptors (Lipinski definition) is 5. The smallest absolute Gasteiger partial charge is 0.323 e. The van der Waals surface area contributed by atoms with Crippen LogP contribution in [-0.2, 0) is 16.1 Å². The summed E-state index contributed by atoms with van der Waals surface area (Å²) in [5.74, 6) is -1.65. The third kappa shape index (κ3) is 4.71. The number of likely N-dealkylation sites (tertiary alicyclic amines) is 1. The zero-order valence-corrected chi connectivity index (χ0v) is 16.2. The topological polar surface area (TPSA) is 67.9 Å². The molecule has 29 heavy (non-hydrogen) atoms. The highest BCUT2D eigenvalue weighted by molar-refractivity contribution is 5.94. The number of hydrogen-bond donors (Lipinski definition) is 1. The highest BCUT2D eigenvalue weighted by atomic mass is 19.1. The second-order valence-corrected chi connectivity index (χ2v) is 6.81. The maximum Gasteiger partial charge on any atom is 0.323 e. The first-order valence-corrected chi connectivity index (χ1v) is 9.12. The molecule has 0 bridgehead atoms. The van der Waals surface area contributed by atoms with E-state index >= 15 is 0 Å². The van der Waals surface area contributed by atoms with Crippen molar-refractivity contribution in [3.8, 4) is 5.75 Å². The van der Waals surface area contributed by atoms with E-state index in [1.54, 1.807) is 29.2 Å². The summed E-state index contributed by atoms with van der Waals surface area (Å²) in [7, 11) is 2.76. The minimum absolute atomic E-state index is 0.107. The SMILES string of the molecule is COC(=O)[C@@H]1C[C@@H](NC(=O)c2cccc(OC)c2)CN1Cc1c(F)cccc1F. The minimum Gasteiger partial charge on any atom is -0.497 e. The average molecular weight is 404 g/mol. The van der Waals surface area contributed by atoms with Gasteiger partial charge in [0, 0.05) is 30.3 Å². The van der Waals surface area contributed by atoms with Crippen molar-refractivity contribution < 1.29 is 27.8 Å². The van der Waals surface area contributed by atoms with Crippen LogP contribution in [0.5, 0.6) is 5.75 Å². The van der Waals surface area contributed by atoms with Gasteiger partial charge in [0.05, 0.1) is 14.2 Å². The van der Waals surface area contributed by atoms with Crippen LogP contribution in [0, 0.1) is 11.6 Å². The first-order valence-electron chi connectivity index (χ1n) is 9.12. The number of benzene rings is 2. The summed E-state index contributed by atoms with van der Waals surface area (Å²) in [6.45, 7) is 0.146. The van der Waals surface area contributed by atoms with Gasteiger partial charge in [0.1, 0.15) is 23.4 Å². The molecule has 2 aromatic carbocycles. The fourth-order valence-electron chi connectivity index (χ4n) is 3.48. The number of carbonyl (C=O) groups excluding carboxylic acids is 2. The first-order chi connectivity index (χ1) is 13.9. The lowest BCUT2D eigenvalue weighted by Gasteiger charge is -2.22. The van der Waals surface area contributed by atoms with Crippen LogP contribution in [0.2, 0.25) is 0 Å². The van der Waals surface area contributed by atoms with Crippen molar-refractivity contribution in [3.63, 3.8) is 0 Å². The summed E-state index contributed by atoms with van der Waals surface area (Å²) in [6.07, 6.45) is 0.276. The molecule has 154 valence electrons. The molecule has 1 aliphatic heterocycles. The molecule has 0 spiro atoms. The van der Waals surface area contributed by atoms with Gasteiger partial charge in [-0.05, 0) is 36.8 Å². The lowest BCUT2D eigenvalue weighted by molar-refractivity contribution is -0.146. The first kappa shape index (κ1) is 20.7. The molecule has 0 unspecified atom stereocenters. The lowest BCUT2D eigenvalue weighted by Crippen LogP contribution is -2.38. The van der Waals surface area contributed by atoms with Crippen LogP contribution in [0.15, 0.2) is 42.5 Å². The van der Waals surface area contributed by atoms with Crippen LogP contribution in [0.1, 0.15) is 22.3 Å². The largest absolute Gasteiger partial charge is 0.497 e. The molecule has 1 amide bonds. The van der Waals surface area contributed by atoms with Gasteiger partial charge >= 0.3 is 5.97 Å². The fourth-order valence-corrected chi connectivity index (χ4v) is 3.48. The normalized spacial score (nSPS) is 19.0. The number of nitrogens with zero attached hydrogens (tertiary/aromatic N) is 1. The molecule has 0 aliphatic carbocycles. The summed E-state index contributed by atoms with van der Waals surface area (Å²) < 4.78 is 38.1. The van der Waals surface area contributed by atoms with Crippen LogP contribution >= 0.6 is 0 Å². The molecule has 1 fully saturated rings. The van der Waals surface area contributed by atoms with E-state index in [1.165, 1.54) is 32.4 Å². The Bertz CT molecular complexity index is 886. The van der Waals surface area contributed by atoms with Gasteiger partial charge in [0.25, 0.3) is 5.91 Å². The van der Waals surface area contributed by atoms with Gasteiger partial charge < -0.3 is 14.8 Å². The molecule has 0 radical (unpaired) electrons. The van der Waals surface area contributed by atoms with Crippen LogP contribution in [0.25, 0.3) is 0 Å². The quantitative estimate of drug-likeness (QED) is 0.750. The van der Waals surface area contributed by atoms with Crippen molar-refractivity contribution in [1.82, 2.24) is 10.2 Å². The third-order valence-corrected chi connectivity index (χ3v) is 4.97. The van der Waals surface area contributed by atoms with Gasteiger partial charge in [-0.25, -0.2) is 8.78 Å². The molecule has 1 saturated heterocycles. The Hall–Kier alpha value is -3.00. The lowest BCUT2D eigenvalue weighted by atomic mass is 10.1. The molecule has 1 aliphatic rings. The summed E-state index contributed by atoms with van der Waals surface area (Å²) >= 11 is 0. The Morgan fingerprint density at radius 2 is 1.83 bits per heavy atom. The van der Waals surface area contributed by atoms with E-state index in [4.69, 9.17) is 9.47 Å². The highest BCUT2D eigenvalue weighted by Crippen LogP contribution is 2.24. The van der Waals surface area contributed by atoms with Crippen molar-refractivity contribution in [2.24, 2.45) is 0 Å². The van der Waals surface area contributed by atoms with Crippen molar-refractivity contribution in [3.05, 3.63) is 65.2 Å². The zero-order chi connectivity index (χ0) is 21.0. The third-order valence-electron chi connectivity index (χ3n) is 4.97. The Labute approximate surface area is 167 Å². The van der Waals surface area contributed by atoms with E-state index in [-0.39, 0.29) is 37.0 Å². The van der Waals surface area contributed by atoms with Gasteiger partial charge in [-0.2, -0.15) is 0 Å². The molecule has 2 aromatic rings. The number of nitrogens with one attached hydrogen (secondary N) is 1. The van der Waals surface area contributed by atoms with Crippen LogP contribution in [-0.4, -0.2) is 49.6 Å². The number of carbonyl (C=O) groups is 2. The molecule has 6 nitrogen and oxygen atoms in total. The Morgan fingerprint density at radius 1 is 1.14 bits per heavy atom. The maximum atomic E-state index is 14.0. The van der Waals surface area contributed by atoms with Gasteiger partial charge in [0.15, 0.2) is 0 Å². The number of rotatable bonds is 6. The van der Waals surface area contributed by atoms with Crippen LogP contribution < -0.4 is 10.1 Å². The average Bonchev–Trinajstić information content (AvgIpc) is 3.12. The Balaban J connectivity index is 1.75. The van der Waals surface area contributed by atoms with Crippen molar-refractivity contribution in [2.75, 3.05) is 20.8 Å². The molecule has 8 heteroatoms. The van der Waals surface area contributed by atoms with E-state index in [2.05, 4.69) is 5.32 Å². The summed E-state index contributed by atoms with van der Waals surface area (Å²) in [5.41, 5.74) is 0.291. The van der Waals surface area contributed by atoms with Gasteiger partial charge in [0.2, 0.25) is 0 Å². The maximum absolute atomic E-state index is 14.0. The molecule has 1 N–H and O–H groups in total. The van der Waals surface area contributed by atoms with Gasteiger partial charge in [-0.15, -0.1) is 0 Å². The fraction of sp³-hybridized carbons (Fsp3) is 0.333. The number of esters is 1. The van der Waals surface area contributed by atoms with E-state index in [0.29, 0.717) is 11.3 Å². The van der Waals surface area contributed by atoms with E-state index < -0.39 is 23.6 Å². The predicted octanol–water partition coefficient (Wildman–Crippen LogP) is 2.52. The van der Waals surface area contributed by atoms with Crippen molar-refractivity contribution >= 4 is 11.9 Å². The van der Waals surface area contributed by atoms with Crippen molar-refractivity contribution in [1.29, 1.82) is 0 Å². The van der Waals surface area contributed by atoms with E-state index in [9.17, 15) is 18.4 Å². The number of halogens is 2. The van der Waals surface area contributed by atoms with Crippen LogP contribution in [0.3, 0.4) is 0 Å². The monoisotopic (exact) mass is 404 g/mol. The standard InChI is InChI=1S/C21H22F2N2O4/c1-28-15-6-3-5-13(9-15)20(26)24-14-10-19(21(27)29-2)25(11-14)12-16-17(22)7-4-8-18(16)23/h3-9,14,19H,10-12H2,1-2H3,(H,24,26)/t14-,19+/m1/s1. The molecule has 0 aromatic heterocycles. The molecule has 0 saturated carbocycles. The summed E-state index contributed by atoms with van der Waals surface area (Å²) in [6, 6.07) is 9.21. The van der Waals surface area contributed by atoms with E-state index in [0.717, 1.165) is 0 Å². The molecular formula is C21H22F2N2O4. The van der Waals surface area contributed by atoms with Crippen LogP contribution in [0.4, 0.5) is 8.78 Å². The number of ether oxygens (including phenoxy) is 2. The second kappa shape index (κ2) is 9.00. The second-order valence-electron chi connectivity index (χ2n) is 6.81. The number of methoxy groups -OCH3 is 2. The minimum atomic E-state index is -0.713. The molecule has 1 heterocycles. The van der Waals surface area contributed by atoms with Crippen molar-refractivity contribution in [2.45, 2.75) is 25.0 Å². The predicted molar refractivity (Wildman–Crippen MR) is 101 cm³/mol. The highest BCUT2D eigenvalue weighted by Gasteiger charge is 2.38. The Morgan fingerprint density at radius 3 is 2.48 bits per heavy atom. The summed E-state index contributed by atoms with van der Waals surface area (Å²) in [4.78, 5) is 26.4.